The molecule has 2 atom stereocenters. The van der Waals surface area contributed by atoms with E-state index in [1.165, 1.54) is 11.0 Å². The van der Waals surface area contributed by atoms with E-state index in [9.17, 15) is 19.2 Å². The van der Waals surface area contributed by atoms with Gasteiger partial charge in [-0.15, -0.1) is 0 Å². The Morgan fingerprint density at radius 3 is 2.12 bits per heavy atom. The van der Waals surface area contributed by atoms with Crippen molar-refractivity contribution in [1.82, 2.24) is 31.0 Å². The van der Waals surface area contributed by atoms with Gasteiger partial charge in [0.25, 0.3) is 11.7 Å². The molecular formula is C44H50N6O6. The largest absolute Gasteiger partial charge is 0.444 e. The van der Waals surface area contributed by atoms with Crippen LogP contribution < -0.4 is 16.0 Å². The Bertz CT molecular complexity index is 2140. The van der Waals surface area contributed by atoms with Crippen LogP contribution in [0, 0.1) is 0 Å². The van der Waals surface area contributed by atoms with Crippen LogP contribution in [0.2, 0.25) is 0 Å². The van der Waals surface area contributed by atoms with E-state index in [0.717, 1.165) is 27.5 Å². The van der Waals surface area contributed by atoms with E-state index in [2.05, 4.69) is 26.1 Å². The summed E-state index contributed by atoms with van der Waals surface area (Å²) in [5.41, 5.74) is 1.28. The Balaban J connectivity index is 1.37. The molecule has 1 heterocycles. The maximum absolute atomic E-state index is 14.6. The van der Waals surface area contributed by atoms with E-state index in [4.69, 9.17) is 9.26 Å². The zero-order valence-corrected chi connectivity index (χ0v) is 32.7. The van der Waals surface area contributed by atoms with Crippen molar-refractivity contribution in [3.8, 4) is 0 Å². The van der Waals surface area contributed by atoms with Crippen LogP contribution in [-0.4, -0.2) is 63.1 Å². The number of alkyl carbamates (subject to hydrolysis) is 1. The van der Waals surface area contributed by atoms with Crippen LogP contribution in [0.3, 0.4) is 0 Å². The average Bonchev–Trinajstić information content (AvgIpc) is 3.65. The first-order chi connectivity index (χ1) is 26.7. The van der Waals surface area contributed by atoms with E-state index in [-0.39, 0.29) is 24.7 Å². The molecule has 12 nitrogen and oxygen atoms in total. The molecule has 56 heavy (non-hydrogen) atoms. The van der Waals surface area contributed by atoms with Crippen molar-refractivity contribution in [3.63, 3.8) is 0 Å². The fourth-order valence-corrected chi connectivity index (χ4v) is 6.06. The van der Waals surface area contributed by atoms with Crippen LogP contribution in [0.15, 0.2) is 120 Å². The van der Waals surface area contributed by atoms with Crippen molar-refractivity contribution >= 4 is 34.6 Å². The lowest BCUT2D eigenvalue weighted by molar-refractivity contribution is -0.137. The molecular weight excluding hydrogens is 709 g/mol. The summed E-state index contributed by atoms with van der Waals surface area (Å²) in [4.78, 5) is 59.4. The van der Waals surface area contributed by atoms with Gasteiger partial charge in [-0.1, -0.05) is 114 Å². The number of hydrogen-bond donors (Lipinski definition) is 3. The Morgan fingerprint density at radius 2 is 1.45 bits per heavy atom. The number of amides is 4. The fourth-order valence-electron chi connectivity index (χ4n) is 6.06. The minimum absolute atomic E-state index is 0.0740. The number of likely N-dealkylation sites (N-methyl/N-ethyl adjacent to an activating group) is 1. The van der Waals surface area contributed by atoms with E-state index in [1.807, 2.05) is 117 Å². The van der Waals surface area contributed by atoms with E-state index < -0.39 is 47.0 Å². The van der Waals surface area contributed by atoms with Crippen LogP contribution in [0.25, 0.3) is 10.8 Å². The first kappa shape index (κ1) is 40.9. The van der Waals surface area contributed by atoms with E-state index in [1.54, 1.807) is 33.9 Å². The van der Waals surface area contributed by atoms with E-state index in [0.29, 0.717) is 12.8 Å². The summed E-state index contributed by atoms with van der Waals surface area (Å²) >= 11 is 0. The average molecular weight is 759 g/mol. The number of benzene rings is 4. The molecule has 292 valence electrons. The highest BCUT2D eigenvalue weighted by Crippen LogP contribution is 2.25. The number of carbonyl (C=O) groups is 4. The lowest BCUT2D eigenvalue weighted by atomic mass is 9.99. The molecule has 5 aromatic rings. The number of nitrogens with one attached hydrogen (secondary N) is 3. The summed E-state index contributed by atoms with van der Waals surface area (Å²) in [6.45, 7) is 9.27. The zero-order valence-electron chi connectivity index (χ0n) is 32.7. The minimum atomic E-state index is -0.999. The van der Waals surface area contributed by atoms with Crippen LogP contribution in [0.5, 0.6) is 0 Å². The van der Waals surface area contributed by atoms with Crippen LogP contribution in [0.4, 0.5) is 4.79 Å². The molecule has 0 aliphatic rings. The highest BCUT2D eigenvalue weighted by atomic mass is 16.6. The monoisotopic (exact) mass is 758 g/mol. The molecule has 0 saturated carbocycles. The van der Waals surface area contributed by atoms with Gasteiger partial charge in [-0.3, -0.25) is 14.4 Å². The SMILES string of the molecule is CN(C(=O)C(Cc1ccc2ccccc2c1)NC(=O)C=CCC(C)(C)NC(=O)OC(C)(C)C)C(Cc1ccccc1)c1nc(C(=O)NCc2ccccc2)no1. The number of hydrogen-bond acceptors (Lipinski definition) is 8. The topological polar surface area (TPSA) is 156 Å². The number of fused-ring (bicyclic) bond motifs is 1. The second-order valence-electron chi connectivity index (χ2n) is 15.3. The number of rotatable bonds is 15. The maximum atomic E-state index is 14.6. The summed E-state index contributed by atoms with van der Waals surface area (Å²) < 4.78 is 11.0. The van der Waals surface area contributed by atoms with Crippen molar-refractivity contribution in [2.24, 2.45) is 0 Å². The predicted molar refractivity (Wildman–Crippen MR) is 214 cm³/mol. The zero-order chi connectivity index (χ0) is 40.3. The Hall–Kier alpha value is -6.30. The van der Waals surface area contributed by atoms with Gasteiger partial charge in [0.2, 0.25) is 17.7 Å². The highest BCUT2D eigenvalue weighted by Gasteiger charge is 2.33. The van der Waals surface area contributed by atoms with Gasteiger partial charge in [-0.25, -0.2) is 4.79 Å². The molecule has 0 bridgehead atoms. The van der Waals surface area contributed by atoms with Gasteiger partial charge in [-0.2, -0.15) is 4.98 Å². The van der Waals surface area contributed by atoms with Crippen LogP contribution >= 0.6 is 0 Å². The van der Waals surface area contributed by atoms with Gasteiger partial charge < -0.3 is 30.1 Å². The van der Waals surface area contributed by atoms with Crippen molar-refractivity contribution in [1.29, 1.82) is 0 Å². The van der Waals surface area contributed by atoms with Gasteiger partial charge >= 0.3 is 6.09 Å². The number of nitrogens with zero attached hydrogens (tertiary/aromatic N) is 3. The predicted octanol–water partition coefficient (Wildman–Crippen LogP) is 6.87. The van der Waals surface area contributed by atoms with Crippen LogP contribution in [-0.2, 0) is 33.7 Å². The Kier molecular flexibility index (Phi) is 13.4. The summed E-state index contributed by atoms with van der Waals surface area (Å²) in [6.07, 6.45) is 3.26. The fraction of sp³-hybridized carbons (Fsp3) is 0.318. The first-order valence-electron chi connectivity index (χ1n) is 18.6. The molecule has 5 rings (SSSR count). The molecule has 0 fully saturated rings. The number of aromatic nitrogens is 2. The third kappa shape index (κ3) is 12.1. The smallest absolute Gasteiger partial charge is 0.408 e. The summed E-state index contributed by atoms with van der Waals surface area (Å²) in [5, 5.41) is 14.6. The van der Waals surface area contributed by atoms with Crippen molar-refractivity contribution in [3.05, 3.63) is 144 Å². The third-order valence-electron chi connectivity index (χ3n) is 8.92. The standard InChI is InChI=1S/C44H50N6O6/c1-43(2,3)55-42(54)48-44(4,5)25-15-22-37(51)46-35(27-32-23-24-33-20-13-14-21-34(33)26-32)41(53)50(6)36(28-30-16-9-7-10-17-30)40-47-38(49-56-40)39(52)45-29-31-18-11-8-12-19-31/h7-24,26,35-36H,25,27-29H2,1-6H3,(H,45,52)(H,46,51)(H,48,54). The maximum Gasteiger partial charge on any atom is 0.408 e. The second-order valence-corrected chi connectivity index (χ2v) is 15.3. The third-order valence-corrected chi connectivity index (χ3v) is 8.92. The van der Waals surface area contributed by atoms with Crippen LogP contribution in [0.1, 0.15) is 80.3 Å². The van der Waals surface area contributed by atoms with Crippen molar-refractivity contribution in [2.75, 3.05) is 7.05 Å². The Labute approximate surface area is 327 Å². The number of carbonyl (C=O) groups excluding carboxylic acids is 4. The molecule has 0 aliphatic carbocycles. The normalized spacial score (nSPS) is 12.8. The van der Waals surface area contributed by atoms with Crippen molar-refractivity contribution < 1.29 is 28.4 Å². The molecule has 3 N–H and O–H groups in total. The molecule has 0 aliphatic heterocycles. The van der Waals surface area contributed by atoms with E-state index >= 15 is 0 Å². The summed E-state index contributed by atoms with van der Waals surface area (Å²) in [5.74, 6) is -1.49. The summed E-state index contributed by atoms with van der Waals surface area (Å²) in [6, 6.07) is 31.0. The van der Waals surface area contributed by atoms with Gasteiger partial charge in [0.05, 0.1) is 0 Å². The first-order valence-corrected chi connectivity index (χ1v) is 18.6. The molecule has 12 heteroatoms. The van der Waals surface area contributed by atoms with Gasteiger partial charge in [0, 0.05) is 32.0 Å². The molecule has 0 spiro atoms. The second kappa shape index (κ2) is 18.4. The molecule has 1 aromatic heterocycles. The number of ether oxygens (including phenoxy) is 1. The van der Waals surface area contributed by atoms with Gasteiger partial charge in [0.1, 0.15) is 17.7 Å². The minimum Gasteiger partial charge on any atom is -0.444 e. The summed E-state index contributed by atoms with van der Waals surface area (Å²) in [7, 11) is 1.62. The molecule has 0 saturated heterocycles. The molecule has 2 unspecified atom stereocenters. The molecule has 0 radical (unpaired) electrons. The highest BCUT2D eigenvalue weighted by molar-refractivity contribution is 5.93. The van der Waals surface area contributed by atoms with Gasteiger partial charge in [0.15, 0.2) is 0 Å². The van der Waals surface area contributed by atoms with Gasteiger partial charge in [-0.05, 0) is 74.6 Å². The Morgan fingerprint density at radius 1 is 0.804 bits per heavy atom. The molecule has 4 aromatic carbocycles. The quantitative estimate of drug-likeness (QED) is 0.0978. The molecule has 4 amide bonds. The van der Waals surface area contributed by atoms with Crippen molar-refractivity contribution in [2.45, 2.75) is 83.6 Å². The lowest BCUT2D eigenvalue weighted by Gasteiger charge is -2.30. The lowest BCUT2D eigenvalue weighted by Crippen LogP contribution is -2.49.